The van der Waals surface area contributed by atoms with Crippen LogP contribution in [0, 0.1) is 0 Å². The van der Waals surface area contributed by atoms with E-state index in [-0.39, 0.29) is 5.97 Å². The van der Waals surface area contributed by atoms with Gasteiger partial charge in [0.05, 0.1) is 7.11 Å². The van der Waals surface area contributed by atoms with Gasteiger partial charge in [-0.05, 0) is 24.5 Å². The van der Waals surface area contributed by atoms with Crippen LogP contribution in [0.3, 0.4) is 0 Å². The predicted octanol–water partition coefficient (Wildman–Crippen LogP) is 0.131. The highest BCUT2D eigenvalue weighted by molar-refractivity contribution is 7.98. The number of thioether (sulfide) groups is 1. The first-order chi connectivity index (χ1) is 6.13. The van der Waals surface area contributed by atoms with Crippen LogP contribution in [0.4, 0.5) is 0 Å². The summed E-state index contributed by atoms with van der Waals surface area (Å²) in [7, 11) is 1.35. The molecule has 5 nitrogen and oxygen atoms in total. The first-order valence-corrected chi connectivity index (χ1v) is 4.87. The molecular weight excluding hydrogens is 192 g/mol. The lowest BCUT2D eigenvalue weighted by Crippen LogP contribution is -2.31. The van der Waals surface area contributed by atoms with E-state index in [4.69, 9.17) is 15.9 Å². The molecule has 0 saturated heterocycles. The zero-order valence-corrected chi connectivity index (χ0v) is 8.47. The average molecular weight is 205 g/mol. The van der Waals surface area contributed by atoms with Gasteiger partial charge in [0.2, 0.25) is 0 Å². The molecule has 6 heteroatoms. The number of hydrogen-bond donors (Lipinski definition) is 1. The standard InChI is InChI=1S/C6H13NO2S.CNO/c1-9-6(8)5(7)3-4-10-2;2-1-3/h5H,3-4,7H2,1-2H3;/q;-1/t5-;/m0./s1. The highest BCUT2D eigenvalue weighted by Crippen LogP contribution is 1.99. The van der Waals surface area contributed by atoms with Crippen LogP contribution in [0.25, 0.3) is 5.41 Å². The summed E-state index contributed by atoms with van der Waals surface area (Å²) in [5, 5.41) is 6.76. The molecule has 0 spiro atoms. The maximum absolute atomic E-state index is 10.7. The molecule has 0 radical (unpaired) electrons. The number of carbonyl (C=O) groups is 1. The van der Waals surface area contributed by atoms with Crippen LogP contribution in [0.5, 0.6) is 0 Å². The third-order valence-corrected chi connectivity index (χ3v) is 1.78. The molecule has 0 aromatic carbocycles. The van der Waals surface area contributed by atoms with Crippen LogP contribution in [0.15, 0.2) is 0 Å². The summed E-state index contributed by atoms with van der Waals surface area (Å²) in [6.07, 6.45) is 3.16. The average Bonchev–Trinajstić information content (AvgIpc) is 2.14. The summed E-state index contributed by atoms with van der Waals surface area (Å²) in [5.74, 6) is 0.574. The Bertz CT molecular complexity index is 169. The number of hydrogen-bond acceptors (Lipinski definition) is 5. The van der Waals surface area contributed by atoms with Crippen LogP contribution in [-0.2, 0) is 14.3 Å². The molecule has 76 valence electrons. The van der Waals surface area contributed by atoms with E-state index in [1.807, 2.05) is 6.26 Å². The molecule has 0 heterocycles. The Balaban J connectivity index is 0. The molecule has 0 bridgehead atoms. The molecule has 0 aliphatic heterocycles. The molecule has 0 unspecified atom stereocenters. The lowest BCUT2D eigenvalue weighted by atomic mass is 10.2. The number of carbonyl (C=O) groups excluding carboxylic acids is 2. The smallest absolute Gasteiger partial charge is 0.322 e. The Morgan fingerprint density at radius 2 is 2.23 bits per heavy atom. The molecule has 0 aliphatic rings. The highest BCUT2D eigenvalue weighted by atomic mass is 32.2. The third-order valence-electron chi connectivity index (χ3n) is 1.14. The molecule has 0 aromatic rings. The second-order valence-corrected chi connectivity index (χ2v) is 2.99. The highest BCUT2D eigenvalue weighted by Gasteiger charge is 2.11. The van der Waals surface area contributed by atoms with Crippen molar-refractivity contribution in [2.75, 3.05) is 19.1 Å². The molecule has 0 aromatic heterocycles. The van der Waals surface area contributed by atoms with Crippen LogP contribution >= 0.6 is 11.8 Å². The lowest BCUT2D eigenvalue weighted by Gasteiger charge is -2.06. The Morgan fingerprint density at radius 1 is 1.77 bits per heavy atom. The first kappa shape index (κ1) is 14.7. The van der Waals surface area contributed by atoms with E-state index < -0.39 is 6.04 Å². The van der Waals surface area contributed by atoms with Gasteiger partial charge in [-0.2, -0.15) is 11.8 Å². The molecule has 1 atom stereocenters. The predicted molar refractivity (Wildman–Crippen MR) is 52.0 cm³/mol. The first-order valence-electron chi connectivity index (χ1n) is 3.47. The zero-order valence-electron chi connectivity index (χ0n) is 7.65. The summed E-state index contributed by atoms with van der Waals surface area (Å²) in [6, 6.07) is -0.447. The van der Waals surface area contributed by atoms with Crippen molar-refractivity contribution in [1.29, 1.82) is 0 Å². The molecule has 0 aliphatic carbocycles. The molecule has 13 heavy (non-hydrogen) atoms. The van der Waals surface area contributed by atoms with Crippen molar-refractivity contribution in [3.63, 3.8) is 0 Å². The van der Waals surface area contributed by atoms with Gasteiger partial charge in [0.15, 0.2) is 0 Å². The molecule has 0 saturated carbocycles. The van der Waals surface area contributed by atoms with Crippen LogP contribution in [-0.4, -0.2) is 37.2 Å². The Labute approximate surface area is 81.5 Å². The maximum atomic E-state index is 10.7. The minimum absolute atomic E-state index is 0.325. The van der Waals surface area contributed by atoms with Gasteiger partial charge in [0, 0.05) is 0 Å². The minimum atomic E-state index is -0.447. The number of ether oxygens (including phenoxy) is 1. The van der Waals surface area contributed by atoms with Gasteiger partial charge in [-0.3, -0.25) is 9.59 Å². The topological polar surface area (TPSA) is 91.7 Å². The fourth-order valence-electron chi connectivity index (χ4n) is 0.514. The van der Waals surface area contributed by atoms with Gasteiger partial charge in [-0.25, -0.2) is 0 Å². The largest absolute Gasteiger partial charge is 0.724 e. The van der Waals surface area contributed by atoms with Crippen LogP contribution in [0.2, 0.25) is 0 Å². The Kier molecular flexibility index (Phi) is 12.6. The zero-order chi connectivity index (χ0) is 10.7. The number of rotatable bonds is 4. The molecule has 0 amide bonds. The van der Waals surface area contributed by atoms with Gasteiger partial charge in [-0.1, -0.05) is 0 Å². The van der Waals surface area contributed by atoms with E-state index in [9.17, 15) is 4.79 Å². The van der Waals surface area contributed by atoms with E-state index in [2.05, 4.69) is 4.74 Å². The number of esters is 1. The summed E-state index contributed by atoms with van der Waals surface area (Å²) in [4.78, 5) is 18.9. The SMILES string of the molecule is COC(=O)[C@@H](N)CCSC.[N-]=C=O. The molecule has 0 fully saturated rings. The minimum Gasteiger partial charge on any atom is -0.724 e. The number of methoxy groups -OCH3 is 1. The molecule has 2 N–H and O–H groups in total. The summed E-state index contributed by atoms with van der Waals surface area (Å²) in [6.45, 7) is 0. The van der Waals surface area contributed by atoms with Crippen molar-refractivity contribution < 1.29 is 14.3 Å². The van der Waals surface area contributed by atoms with Crippen LogP contribution < -0.4 is 5.73 Å². The number of nitrogens with zero attached hydrogens (tertiary/aromatic N) is 1. The fourth-order valence-corrected chi connectivity index (χ4v) is 1.00. The van der Waals surface area contributed by atoms with E-state index in [1.54, 1.807) is 11.8 Å². The van der Waals surface area contributed by atoms with Gasteiger partial charge in [0.1, 0.15) is 6.04 Å². The lowest BCUT2D eigenvalue weighted by molar-refractivity contribution is -0.142. The van der Waals surface area contributed by atoms with Crippen molar-refractivity contribution >= 4 is 23.8 Å². The fraction of sp³-hybridized carbons (Fsp3) is 0.714. The van der Waals surface area contributed by atoms with Crippen molar-refractivity contribution in [3.05, 3.63) is 5.41 Å². The van der Waals surface area contributed by atoms with Crippen molar-refractivity contribution in [3.8, 4) is 0 Å². The monoisotopic (exact) mass is 205 g/mol. The summed E-state index contributed by atoms with van der Waals surface area (Å²) < 4.78 is 4.44. The quantitative estimate of drug-likeness (QED) is 0.400. The van der Waals surface area contributed by atoms with Gasteiger partial charge < -0.3 is 15.9 Å². The van der Waals surface area contributed by atoms with Crippen molar-refractivity contribution in [2.45, 2.75) is 12.5 Å². The van der Waals surface area contributed by atoms with E-state index in [0.717, 1.165) is 5.75 Å². The third kappa shape index (κ3) is 11.2. The Hall–Kier alpha value is -0.840. The maximum Gasteiger partial charge on any atom is 0.322 e. The molecule has 0 rings (SSSR count). The second-order valence-electron chi connectivity index (χ2n) is 2.00. The normalized spacial score (nSPS) is 10.4. The van der Waals surface area contributed by atoms with Crippen molar-refractivity contribution in [2.24, 2.45) is 5.73 Å². The van der Waals surface area contributed by atoms with Crippen LogP contribution in [0.1, 0.15) is 6.42 Å². The summed E-state index contributed by atoms with van der Waals surface area (Å²) in [5.41, 5.74) is 5.43. The van der Waals surface area contributed by atoms with E-state index in [1.165, 1.54) is 7.11 Å². The van der Waals surface area contributed by atoms with Gasteiger partial charge >= 0.3 is 5.97 Å². The van der Waals surface area contributed by atoms with Gasteiger partial charge in [-0.15, -0.1) is 0 Å². The van der Waals surface area contributed by atoms with E-state index in [0.29, 0.717) is 12.5 Å². The van der Waals surface area contributed by atoms with E-state index >= 15 is 0 Å². The van der Waals surface area contributed by atoms with Gasteiger partial charge in [0.25, 0.3) is 0 Å². The number of nitrogens with two attached hydrogens (primary N) is 1. The second kappa shape index (κ2) is 11.2. The molecular formula is C7H13N2O3S-. The summed E-state index contributed by atoms with van der Waals surface area (Å²) >= 11 is 1.67. The number of isocyanates is 1. The van der Waals surface area contributed by atoms with Crippen molar-refractivity contribution in [1.82, 2.24) is 0 Å². The Morgan fingerprint density at radius 3 is 2.54 bits per heavy atom.